The number of ether oxygens (including phenoxy) is 1. The smallest absolute Gasteiger partial charge is 0.0773 e. The van der Waals surface area contributed by atoms with Gasteiger partial charge in [0, 0.05) is 6.61 Å². The molecule has 0 aliphatic heterocycles. The van der Waals surface area contributed by atoms with Gasteiger partial charge in [-0.15, -0.1) is 6.58 Å². The maximum Gasteiger partial charge on any atom is 0.0773 e. The lowest BCUT2D eigenvalue weighted by Crippen LogP contribution is -2.15. The van der Waals surface area contributed by atoms with E-state index >= 15 is 0 Å². The van der Waals surface area contributed by atoms with E-state index in [4.69, 9.17) is 9.84 Å². The summed E-state index contributed by atoms with van der Waals surface area (Å²) in [7, 11) is 0. The van der Waals surface area contributed by atoms with Gasteiger partial charge < -0.3 is 14.9 Å². The van der Waals surface area contributed by atoms with Gasteiger partial charge in [0.25, 0.3) is 0 Å². The second-order valence-electron chi connectivity index (χ2n) is 3.41. The Balaban J connectivity index is 3.09. The van der Waals surface area contributed by atoms with Gasteiger partial charge in [0.15, 0.2) is 0 Å². The first-order chi connectivity index (χ1) is 6.81. The standard InChI is InChI=1S/C11H22O3/c1-2-9-14-10-11(13)7-5-3-4-6-8-12/h2,11-13H,1,3-10H2/t11-/m1/s1. The molecule has 0 heterocycles. The first-order valence-corrected chi connectivity index (χ1v) is 5.28. The maximum atomic E-state index is 9.42. The fourth-order valence-corrected chi connectivity index (χ4v) is 1.22. The molecule has 0 radical (unpaired) electrons. The molecule has 0 spiro atoms. The van der Waals surface area contributed by atoms with Crippen LogP contribution in [0.2, 0.25) is 0 Å². The lowest BCUT2D eigenvalue weighted by Gasteiger charge is -2.09. The predicted octanol–water partition coefficient (Wildman–Crippen LogP) is 1.49. The summed E-state index contributed by atoms with van der Waals surface area (Å²) in [5, 5.41) is 18.0. The minimum atomic E-state index is -0.357. The summed E-state index contributed by atoms with van der Waals surface area (Å²) in [4.78, 5) is 0. The minimum absolute atomic E-state index is 0.269. The summed E-state index contributed by atoms with van der Waals surface area (Å²) in [6.07, 6.45) is 6.07. The van der Waals surface area contributed by atoms with Gasteiger partial charge in [0.1, 0.15) is 0 Å². The highest BCUT2D eigenvalue weighted by Gasteiger charge is 2.02. The molecule has 3 heteroatoms. The van der Waals surface area contributed by atoms with E-state index in [-0.39, 0.29) is 12.7 Å². The van der Waals surface area contributed by atoms with Gasteiger partial charge in [-0.25, -0.2) is 0 Å². The molecule has 0 amide bonds. The fourth-order valence-electron chi connectivity index (χ4n) is 1.22. The van der Waals surface area contributed by atoms with Crippen LogP contribution in [-0.2, 0) is 4.74 Å². The number of rotatable bonds is 10. The highest BCUT2D eigenvalue weighted by molar-refractivity contribution is 4.64. The van der Waals surface area contributed by atoms with Crippen LogP contribution in [0.25, 0.3) is 0 Å². The summed E-state index contributed by atoms with van der Waals surface area (Å²) in [5.41, 5.74) is 0. The molecule has 0 aromatic carbocycles. The van der Waals surface area contributed by atoms with Crippen LogP contribution < -0.4 is 0 Å². The molecular formula is C11H22O3. The molecule has 0 aliphatic rings. The molecule has 0 unspecified atom stereocenters. The van der Waals surface area contributed by atoms with Crippen molar-refractivity contribution in [1.82, 2.24) is 0 Å². The zero-order valence-corrected chi connectivity index (χ0v) is 8.82. The van der Waals surface area contributed by atoms with Crippen molar-refractivity contribution in [2.45, 2.75) is 38.2 Å². The van der Waals surface area contributed by atoms with Crippen LogP contribution in [0, 0.1) is 0 Å². The quantitative estimate of drug-likeness (QED) is 0.417. The van der Waals surface area contributed by atoms with Crippen molar-refractivity contribution in [1.29, 1.82) is 0 Å². The summed E-state index contributed by atoms with van der Waals surface area (Å²) < 4.78 is 5.11. The zero-order valence-electron chi connectivity index (χ0n) is 8.82. The summed E-state index contributed by atoms with van der Waals surface area (Å²) in [6.45, 7) is 4.69. The first kappa shape index (κ1) is 13.6. The van der Waals surface area contributed by atoms with Gasteiger partial charge in [-0.05, 0) is 12.8 Å². The van der Waals surface area contributed by atoms with E-state index in [1.165, 1.54) is 0 Å². The van der Waals surface area contributed by atoms with Gasteiger partial charge in [-0.2, -0.15) is 0 Å². The number of aliphatic hydroxyl groups is 2. The lowest BCUT2D eigenvalue weighted by atomic mass is 10.1. The molecule has 14 heavy (non-hydrogen) atoms. The molecule has 0 rings (SSSR count). The zero-order chi connectivity index (χ0) is 10.6. The Bertz CT molecular complexity index is 126. The lowest BCUT2D eigenvalue weighted by molar-refractivity contribution is 0.0431. The first-order valence-electron chi connectivity index (χ1n) is 5.28. The van der Waals surface area contributed by atoms with Crippen LogP contribution in [0.1, 0.15) is 32.1 Å². The van der Waals surface area contributed by atoms with Crippen molar-refractivity contribution in [3.05, 3.63) is 12.7 Å². The predicted molar refractivity (Wildman–Crippen MR) is 57.2 cm³/mol. The van der Waals surface area contributed by atoms with Crippen molar-refractivity contribution in [3.8, 4) is 0 Å². The third-order valence-electron chi connectivity index (χ3n) is 1.99. The molecule has 1 atom stereocenters. The molecule has 0 aromatic heterocycles. The molecule has 0 aliphatic carbocycles. The molecule has 3 nitrogen and oxygen atoms in total. The molecular weight excluding hydrogens is 180 g/mol. The van der Waals surface area contributed by atoms with E-state index in [0.717, 1.165) is 32.1 Å². The monoisotopic (exact) mass is 202 g/mol. The topological polar surface area (TPSA) is 49.7 Å². The van der Waals surface area contributed by atoms with Crippen LogP contribution in [0.3, 0.4) is 0 Å². The third kappa shape index (κ3) is 9.71. The summed E-state index contributed by atoms with van der Waals surface area (Å²) in [5.74, 6) is 0. The van der Waals surface area contributed by atoms with Crippen molar-refractivity contribution in [2.75, 3.05) is 19.8 Å². The highest BCUT2D eigenvalue weighted by atomic mass is 16.5. The molecule has 0 aromatic rings. The highest BCUT2D eigenvalue weighted by Crippen LogP contribution is 2.05. The minimum Gasteiger partial charge on any atom is -0.396 e. The number of hydrogen-bond acceptors (Lipinski definition) is 3. The van der Waals surface area contributed by atoms with E-state index < -0.39 is 0 Å². The number of unbranched alkanes of at least 4 members (excludes halogenated alkanes) is 3. The van der Waals surface area contributed by atoms with Crippen LogP contribution in [0.4, 0.5) is 0 Å². The molecule has 84 valence electrons. The summed E-state index contributed by atoms with van der Waals surface area (Å²) >= 11 is 0. The Kier molecular flexibility index (Phi) is 10.4. The van der Waals surface area contributed by atoms with Gasteiger partial charge in [0.2, 0.25) is 0 Å². The Hall–Kier alpha value is -0.380. The van der Waals surface area contributed by atoms with E-state index in [1.807, 2.05) is 0 Å². The fraction of sp³-hybridized carbons (Fsp3) is 0.818. The second kappa shape index (κ2) is 10.7. The van der Waals surface area contributed by atoms with E-state index in [0.29, 0.717) is 13.2 Å². The largest absolute Gasteiger partial charge is 0.396 e. The van der Waals surface area contributed by atoms with Crippen molar-refractivity contribution in [3.63, 3.8) is 0 Å². The molecule has 0 saturated heterocycles. The SMILES string of the molecule is C=CCOC[C@H](O)CCCCCCO. The molecule has 0 saturated carbocycles. The van der Waals surface area contributed by atoms with Crippen LogP contribution >= 0.6 is 0 Å². The summed E-state index contributed by atoms with van der Waals surface area (Å²) in [6, 6.07) is 0. The van der Waals surface area contributed by atoms with Crippen molar-refractivity contribution >= 4 is 0 Å². The van der Waals surface area contributed by atoms with Gasteiger partial charge >= 0.3 is 0 Å². The van der Waals surface area contributed by atoms with Crippen LogP contribution in [0.5, 0.6) is 0 Å². The van der Waals surface area contributed by atoms with E-state index in [1.54, 1.807) is 6.08 Å². The van der Waals surface area contributed by atoms with E-state index in [9.17, 15) is 5.11 Å². The average Bonchev–Trinajstić information content (AvgIpc) is 2.18. The van der Waals surface area contributed by atoms with Crippen LogP contribution in [0.15, 0.2) is 12.7 Å². The Morgan fingerprint density at radius 3 is 2.57 bits per heavy atom. The van der Waals surface area contributed by atoms with Gasteiger partial charge in [-0.1, -0.05) is 25.3 Å². The normalized spacial score (nSPS) is 12.7. The third-order valence-corrected chi connectivity index (χ3v) is 1.99. The second-order valence-corrected chi connectivity index (χ2v) is 3.41. The Morgan fingerprint density at radius 2 is 1.93 bits per heavy atom. The molecule has 0 fully saturated rings. The number of aliphatic hydroxyl groups excluding tert-OH is 2. The number of hydrogen-bond donors (Lipinski definition) is 2. The van der Waals surface area contributed by atoms with Gasteiger partial charge in [-0.3, -0.25) is 0 Å². The van der Waals surface area contributed by atoms with Crippen LogP contribution in [-0.4, -0.2) is 36.1 Å². The van der Waals surface area contributed by atoms with Crippen molar-refractivity contribution < 1.29 is 14.9 Å². The van der Waals surface area contributed by atoms with Gasteiger partial charge in [0.05, 0.1) is 19.3 Å². The Labute approximate surface area is 86.4 Å². The Morgan fingerprint density at radius 1 is 1.21 bits per heavy atom. The molecule has 2 N–H and O–H groups in total. The van der Waals surface area contributed by atoms with E-state index in [2.05, 4.69) is 6.58 Å². The average molecular weight is 202 g/mol. The maximum absolute atomic E-state index is 9.42. The molecule has 0 bridgehead atoms. The van der Waals surface area contributed by atoms with Crippen molar-refractivity contribution in [2.24, 2.45) is 0 Å².